The van der Waals surface area contributed by atoms with E-state index in [1.807, 2.05) is 0 Å². The second-order valence-electron chi connectivity index (χ2n) is 5.19. The lowest BCUT2D eigenvalue weighted by Gasteiger charge is -2.35. The third-order valence-corrected chi connectivity index (χ3v) is 4.77. The average Bonchev–Trinajstić information content (AvgIpc) is 3.10. The highest BCUT2D eigenvalue weighted by Gasteiger charge is 2.35. The number of benzene rings is 1. The van der Waals surface area contributed by atoms with Crippen LogP contribution in [0, 0.1) is 29.1 Å². The first-order valence-corrected chi connectivity index (χ1v) is 7.89. The van der Waals surface area contributed by atoms with Crippen LogP contribution in [0.1, 0.15) is 16.5 Å². The molecule has 0 unspecified atom stereocenters. The Balaban J connectivity index is 2.18. The summed E-state index contributed by atoms with van der Waals surface area (Å²) in [5.41, 5.74) is -0.786. The van der Waals surface area contributed by atoms with Gasteiger partial charge in [0.05, 0.1) is 11.6 Å². The summed E-state index contributed by atoms with van der Waals surface area (Å²) >= 11 is 1.22. The van der Waals surface area contributed by atoms with Crippen molar-refractivity contribution in [2.24, 2.45) is 0 Å². The van der Waals surface area contributed by atoms with Gasteiger partial charge in [-0.05, 0) is 11.4 Å². The molecule has 1 saturated heterocycles. The molecule has 1 aromatic heterocycles. The standard InChI is InChI=1S/C15H13F5N2S/c16-10-9(11(17)13(19)14(20)12(10)18)15(8-2-1-7-23-8)22-5-3-21-4-6-22/h1-2,7,15,21H,3-6H2/t15-/m1/s1. The third-order valence-electron chi connectivity index (χ3n) is 3.85. The van der Waals surface area contributed by atoms with Crippen molar-refractivity contribution in [2.75, 3.05) is 26.2 Å². The van der Waals surface area contributed by atoms with Crippen molar-refractivity contribution in [2.45, 2.75) is 6.04 Å². The quantitative estimate of drug-likeness (QED) is 0.519. The van der Waals surface area contributed by atoms with Gasteiger partial charge in [-0.1, -0.05) is 6.07 Å². The van der Waals surface area contributed by atoms with Gasteiger partial charge in [-0.15, -0.1) is 11.3 Å². The minimum atomic E-state index is -2.13. The first kappa shape index (κ1) is 16.4. The zero-order valence-corrected chi connectivity index (χ0v) is 12.7. The van der Waals surface area contributed by atoms with Gasteiger partial charge in [-0.25, -0.2) is 22.0 Å². The number of hydrogen-bond acceptors (Lipinski definition) is 3. The number of piperazine rings is 1. The Morgan fingerprint density at radius 1 is 0.913 bits per heavy atom. The molecule has 0 spiro atoms. The number of rotatable bonds is 3. The molecule has 0 amide bonds. The van der Waals surface area contributed by atoms with Gasteiger partial charge in [-0.2, -0.15) is 0 Å². The summed E-state index contributed by atoms with van der Waals surface area (Å²) in [5, 5.41) is 4.80. The molecular formula is C15H13F5N2S. The average molecular weight is 348 g/mol. The minimum Gasteiger partial charge on any atom is -0.314 e. The fourth-order valence-corrected chi connectivity index (χ4v) is 3.62. The Hall–Kier alpha value is -1.51. The van der Waals surface area contributed by atoms with Crippen LogP contribution < -0.4 is 5.32 Å². The van der Waals surface area contributed by atoms with Crippen LogP contribution in [0.4, 0.5) is 22.0 Å². The molecule has 0 saturated carbocycles. The highest BCUT2D eigenvalue weighted by Crippen LogP contribution is 2.37. The normalized spacial score (nSPS) is 17.4. The summed E-state index contributed by atoms with van der Waals surface area (Å²) in [6, 6.07) is 2.32. The molecule has 23 heavy (non-hydrogen) atoms. The van der Waals surface area contributed by atoms with E-state index in [0.717, 1.165) is 0 Å². The Labute approximate surface area is 133 Å². The predicted octanol–water partition coefficient (Wildman–Crippen LogP) is 3.44. The van der Waals surface area contributed by atoms with Gasteiger partial charge in [0.25, 0.3) is 0 Å². The molecule has 0 aliphatic carbocycles. The minimum absolute atomic E-state index is 0.446. The monoisotopic (exact) mass is 348 g/mol. The van der Waals surface area contributed by atoms with Crippen LogP contribution in [0.25, 0.3) is 0 Å². The van der Waals surface area contributed by atoms with Crippen LogP contribution >= 0.6 is 11.3 Å². The number of halogens is 5. The van der Waals surface area contributed by atoms with Gasteiger partial charge in [0, 0.05) is 31.1 Å². The number of nitrogens with zero attached hydrogens (tertiary/aromatic N) is 1. The van der Waals surface area contributed by atoms with Crippen LogP contribution in [-0.4, -0.2) is 31.1 Å². The molecule has 0 bridgehead atoms. The molecule has 1 N–H and O–H groups in total. The third kappa shape index (κ3) is 2.86. The Morgan fingerprint density at radius 2 is 1.48 bits per heavy atom. The van der Waals surface area contributed by atoms with E-state index in [1.54, 1.807) is 22.4 Å². The molecule has 8 heteroatoms. The maximum atomic E-state index is 14.2. The van der Waals surface area contributed by atoms with E-state index in [9.17, 15) is 22.0 Å². The molecule has 1 atom stereocenters. The highest BCUT2D eigenvalue weighted by atomic mass is 32.1. The van der Waals surface area contributed by atoms with E-state index < -0.39 is 40.7 Å². The van der Waals surface area contributed by atoms with E-state index in [0.29, 0.717) is 31.1 Å². The topological polar surface area (TPSA) is 15.3 Å². The zero-order valence-electron chi connectivity index (χ0n) is 11.9. The molecule has 1 aliphatic heterocycles. The molecule has 2 aromatic rings. The van der Waals surface area contributed by atoms with Crippen LogP contribution in [-0.2, 0) is 0 Å². The zero-order chi connectivity index (χ0) is 16.6. The van der Waals surface area contributed by atoms with E-state index in [2.05, 4.69) is 5.32 Å². The number of nitrogens with one attached hydrogen (secondary N) is 1. The fourth-order valence-electron chi connectivity index (χ4n) is 2.75. The molecule has 1 aliphatic rings. The lowest BCUT2D eigenvalue weighted by atomic mass is 10.0. The van der Waals surface area contributed by atoms with Crippen LogP contribution in [0.3, 0.4) is 0 Å². The summed E-state index contributed by atoms with van der Waals surface area (Å²) in [5.74, 6) is -9.48. The van der Waals surface area contributed by atoms with Crippen molar-refractivity contribution < 1.29 is 22.0 Å². The van der Waals surface area contributed by atoms with Gasteiger partial charge in [0.1, 0.15) is 0 Å². The summed E-state index contributed by atoms with van der Waals surface area (Å²) in [7, 11) is 0. The highest BCUT2D eigenvalue weighted by molar-refractivity contribution is 7.10. The van der Waals surface area contributed by atoms with E-state index in [-0.39, 0.29) is 0 Å². The SMILES string of the molecule is Fc1c(F)c(F)c([C@@H](c2cccs2)N2CCNCC2)c(F)c1F. The first-order chi connectivity index (χ1) is 11.0. The van der Waals surface area contributed by atoms with Gasteiger partial charge >= 0.3 is 0 Å². The maximum Gasteiger partial charge on any atom is 0.200 e. The van der Waals surface area contributed by atoms with Crippen molar-refractivity contribution in [1.82, 2.24) is 10.2 Å². The lowest BCUT2D eigenvalue weighted by Crippen LogP contribution is -2.45. The molecule has 1 aromatic carbocycles. The van der Waals surface area contributed by atoms with Crippen molar-refractivity contribution >= 4 is 11.3 Å². The van der Waals surface area contributed by atoms with Crippen LogP contribution in [0.15, 0.2) is 17.5 Å². The van der Waals surface area contributed by atoms with Gasteiger partial charge in [0.2, 0.25) is 5.82 Å². The summed E-state index contributed by atoms with van der Waals surface area (Å²) in [6.45, 7) is 2.05. The van der Waals surface area contributed by atoms with Gasteiger partial charge in [0.15, 0.2) is 23.3 Å². The second kappa shape index (κ2) is 6.54. The fraction of sp³-hybridized carbons (Fsp3) is 0.333. The summed E-state index contributed by atoms with van der Waals surface area (Å²) in [6.07, 6.45) is 0. The molecule has 0 radical (unpaired) electrons. The van der Waals surface area contributed by atoms with Crippen molar-refractivity contribution in [3.63, 3.8) is 0 Å². The maximum absolute atomic E-state index is 14.2. The Bertz CT molecular complexity index is 669. The lowest BCUT2D eigenvalue weighted by molar-refractivity contribution is 0.190. The van der Waals surface area contributed by atoms with E-state index in [1.165, 1.54) is 11.3 Å². The van der Waals surface area contributed by atoms with E-state index in [4.69, 9.17) is 0 Å². The molecule has 1 fully saturated rings. The summed E-state index contributed by atoms with van der Waals surface area (Å²) < 4.78 is 68.9. The molecular weight excluding hydrogens is 335 g/mol. The second-order valence-corrected chi connectivity index (χ2v) is 6.17. The molecule has 2 nitrogen and oxygen atoms in total. The smallest absolute Gasteiger partial charge is 0.200 e. The van der Waals surface area contributed by atoms with Crippen molar-refractivity contribution in [3.8, 4) is 0 Å². The van der Waals surface area contributed by atoms with Crippen molar-refractivity contribution in [1.29, 1.82) is 0 Å². The molecule has 3 rings (SSSR count). The van der Waals surface area contributed by atoms with Crippen LogP contribution in [0.2, 0.25) is 0 Å². The largest absolute Gasteiger partial charge is 0.314 e. The van der Waals surface area contributed by atoms with Crippen molar-refractivity contribution in [3.05, 3.63) is 57.0 Å². The molecule has 124 valence electrons. The Kier molecular flexibility index (Phi) is 4.65. The summed E-state index contributed by atoms with van der Waals surface area (Å²) in [4.78, 5) is 2.26. The van der Waals surface area contributed by atoms with Gasteiger partial charge < -0.3 is 5.32 Å². The van der Waals surface area contributed by atoms with Crippen LogP contribution in [0.5, 0.6) is 0 Å². The first-order valence-electron chi connectivity index (χ1n) is 7.02. The number of hydrogen-bond donors (Lipinski definition) is 1. The predicted molar refractivity (Wildman–Crippen MR) is 76.8 cm³/mol. The Morgan fingerprint density at radius 3 is 2.00 bits per heavy atom. The van der Waals surface area contributed by atoms with Gasteiger partial charge in [-0.3, -0.25) is 4.90 Å². The number of thiophene rings is 1. The molecule has 2 heterocycles. The van der Waals surface area contributed by atoms with E-state index >= 15 is 0 Å².